The number of nitrogens with one attached hydrogen (secondary N) is 1. The van der Waals surface area contributed by atoms with E-state index in [2.05, 4.69) is 10.3 Å². The topological polar surface area (TPSA) is 64.9 Å². The van der Waals surface area contributed by atoms with Gasteiger partial charge in [0.1, 0.15) is 5.70 Å². The molecule has 1 saturated heterocycles. The molecule has 0 bridgehead atoms. The van der Waals surface area contributed by atoms with E-state index in [1.54, 1.807) is 6.08 Å². The lowest BCUT2D eigenvalue weighted by atomic mass is 9.99. The zero-order valence-corrected chi connectivity index (χ0v) is 11.8. The molecule has 1 aromatic rings. The van der Waals surface area contributed by atoms with E-state index in [4.69, 9.17) is 0 Å². The lowest BCUT2D eigenvalue weighted by Gasteiger charge is -2.32. The van der Waals surface area contributed by atoms with Crippen molar-refractivity contribution in [1.82, 2.24) is 10.2 Å². The van der Waals surface area contributed by atoms with Crippen LogP contribution in [0.5, 0.6) is 0 Å². The zero-order valence-electron chi connectivity index (χ0n) is 11.8. The van der Waals surface area contributed by atoms with Gasteiger partial charge in [0.2, 0.25) is 5.96 Å². The minimum absolute atomic E-state index is 0.167. The minimum atomic E-state index is -0.167. The third-order valence-electron chi connectivity index (χ3n) is 3.86. The third-order valence-corrected chi connectivity index (χ3v) is 3.86. The Morgan fingerprint density at radius 1 is 1.38 bits per heavy atom. The summed E-state index contributed by atoms with van der Waals surface area (Å²) in [5, 5.41) is 12.1. The highest BCUT2D eigenvalue weighted by molar-refractivity contribution is 6.13. The van der Waals surface area contributed by atoms with Crippen LogP contribution in [0.2, 0.25) is 0 Å². The molecule has 1 fully saturated rings. The number of hydrogen-bond acceptors (Lipinski definition) is 4. The molecule has 1 unspecified atom stereocenters. The first kappa shape index (κ1) is 13.8. The van der Waals surface area contributed by atoms with Gasteiger partial charge in [0.05, 0.1) is 0 Å². The number of carbonyl (C=O) groups excluding carboxylic acids is 1. The number of aliphatic imine (C=N–C) groups is 1. The number of likely N-dealkylation sites (tertiary alicyclic amines) is 1. The lowest BCUT2D eigenvalue weighted by Crippen LogP contribution is -2.46. The molecule has 2 N–H and O–H groups in total. The summed E-state index contributed by atoms with van der Waals surface area (Å²) in [5.41, 5.74) is 1.39. The molecule has 0 saturated carbocycles. The Balaban J connectivity index is 1.77. The quantitative estimate of drug-likeness (QED) is 0.803. The average molecular weight is 285 g/mol. The molecule has 0 radical (unpaired) electrons. The van der Waals surface area contributed by atoms with Gasteiger partial charge >= 0.3 is 0 Å². The number of aliphatic hydroxyl groups is 1. The van der Waals surface area contributed by atoms with Crippen LogP contribution in [0.3, 0.4) is 0 Å². The number of amides is 1. The molecular weight excluding hydrogens is 266 g/mol. The van der Waals surface area contributed by atoms with Crippen LogP contribution >= 0.6 is 0 Å². The van der Waals surface area contributed by atoms with Crippen LogP contribution in [0, 0.1) is 5.92 Å². The van der Waals surface area contributed by atoms with Gasteiger partial charge in [-0.15, -0.1) is 0 Å². The van der Waals surface area contributed by atoms with Gasteiger partial charge < -0.3 is 10.0 Å². The smallest absolute Gasteiger partial charge is 0.276 e. The Labute approximate surface area is 124 Å². The van der Waals surface area contributed by atoms with Gasteiger partial charge in [-0.3, -0.25) is 10.1 Å². The molecule has 0 aliphatic carbocycles. The van der Waals surface area contributed by atoms with Gasteiger partial charge in [0.15, 0.2) is 0 Å². The number of piperidine rings is 1. The number of nitrogens with zero attached hydrogens (tertiary/aromatic N) is 2. The molecule has 0 aromatic heterocycles. The second-order valence-corrected chi connectivity index (χ2v) is 5.47. The van der Waals surface area contributed by atoms with Crippen molar-refractivity contribution in [3.63, 3.8) is 0 Å². The molecule has 0 spiro atoms. The first-order valence-corrected chi connectivity index (χ1v) is 7.29. The van der Waals surface area contributed by atoms with Gasteiger partial charge in [-0.1, -0.05) is 30.3 Å². The van der Waals surface area contributed by atoms with Gasteiger partial charge in [-0.25, -0.2) is 4.99 Å². The van der Waals surface area contributed by atoms with Crippen molar-refractivity contribution in [2.45, 2.75) is 12.8 Å². The Morgan fingerprint density at radius 2 is 2.19 bits per heavy atom. The van der Waals surface area contributed by atoms with E-state index in [9.17, 15) is 9.90 Å². The van der Waals surface area contributed by atoms with Gasteiger partial charge in [0.25, 0.3) is 5.91 Å². The molecule has 2 aliphatic heterocycles. The van der Waals surface area contributed by atoms with E-state index < -0.39 is 0 Å². The van der Waals surface area contributed by atoms with Crippen molar-refractivity contribution in [2.75, 3.05) is 19.7 Å². The van der Waals surface area contributed by atoms with Crippen molar-refractivity contribution in [2.24, 2.45) is 10.9 Å². The molecule has 3 rings (SSSR count). The van der Waals surface area contributed by atoms with Crippen molar-refractivity contribution in [3.8, 4) is 0 Å². The highest BCUT2D eigenvalue weighted by Crippen LogP contribution is 2.19. The number of guanidine groups is 1. The van der Waals surface area contributed by atoms with E-state index >= 15 is 0 Å². The molecular formula is C16H19N3O2. The fourth-order valence-electron chi connectivity index (χ4n) is 2.72. The van der Waals surface area contributed by atoms with E-state index in [0.717, 1.165) is 31.5 Å². The zero-order chi connectivity index (χ0) is 14.7. The van der Waals surface area contributed by atoms with Crippen LogP contribution in [0.4, 0.5) is 0 Å². The summed E-state index contributed by atoms with van der Waals surface area (Å²) >= 11 is 0. The van der Waals surface area contributed by atoms with Crippen molar-refractivity contribution < 1.29 is 9.90 Å². The lowest BCUT2D eigenvalue weighted by molar-refractivity contribution is -0.115. The molecule has 2 heterocycles. The maximum atomic E-state index is 12.0. The highest BCUT2D eigenvalue weighted by atomic mass is 16.3. The summed E-state index contributed by atoms with van der Waals surface area (Å²) in [6, 6.07) is 9.68. The summed E-state index contributed by atoms with van der Waals surface area (Å²) in [6.45, 7) is 1.80. The van der Waals surface area contributed by atoms with Gasteiger partial charge in [-0.05, 0) is 30.4 Å². The average Bonchev–Trinajstić information content (AvgIpc) is 2.89. The molecule has 5 heteroatoms. The fourth-order valence-corrected chi connectivity index (χ4v) is 2.72. The van der Waals surface area contributed by atoms with Crippen LogP contribution in [0.1, 0.15) is 18.4 Å². The van der Waals surface area contributed by atoms with Crippen LogP contribution in [0.15, 0.2) is 41.0 Å². The van der Waals surface area contributed by atoms with Crippen molar-refractivity contribution in [1.29, 1.82) is 0 Å². The number of rotatable bonds is 2. The van der Waals surface area contributed by atoms with Crippen LogP contribution in [0.25, 0.3) is 6.08 Å². The summed E-state index contributed by atoms with van der Waals surface area (Å²) in [4.78, 5) is 18.5. The maximum Gasteiger partial charge on any atom is 0.276 e. The van der Waals surface area contributed by atoms with Crippen molar-refractivity contribution in [3.05, 3.63) is 41.6 Å². The number of benzene rings is 1. The van der Waals surface area contributed by atoms with E-state index in [0.29, 0.717) is 11.7 Å². The predicted molar refractivity (Wildman–Crippen MR) is 81.4 cm³/mol. The first-order valence-electron chi connectivity index (χ1n) is 7.29. The molecule has 1 aromatic carbocycles. The normalized spacial score (nSPS) is 24.1. The third kappa shape index (κ3) is 3.13. The summed E-state index contributed by atoms with van der Waals surface area (Å²) < 4.78 is 0. The number of hydrogen-bond donors (Lipinski definition) is 2. The largest absolute Gasteiger partial charge is 0.396 e. The summed E-state index contributed by atoms with van der Waals surface area (Å²) in [5.74, 6) is 0.709. The summed E-state index contributed by atoms with van der Waals surface area (Å²) in [7, 11) is 0. The second-order valence-electron chi connectivity index (χ2n) is 5.47. The Morgan fingerprint density at radius 3 is 2.95 bits per heavy atom. The van der Waals surface area contributed by atoms with Crippen LogP contribution < -0.4 is 5.32 Å². The highest BCUT2D eigenvalue weighted by Gasteiger charge is 2.28. The van der Waals surface area contributed by atoms with E-state index in [1.807, 2.05) is 35.2 Å². The monoisotopic (exact) mass is 285 g/mol. The first-order chi connectivity index (χ1) is 10.3. The van der Waals surface area contributed by atoms with Gasteiger partial charge in [-0.2, -0.15) is 0 Å². The van der Waals surface area contributed by atoms with Gasteiger partial charge in [0, 0.05) is 19.7 Å². The van der Waals surface area contributed by atoms with Crippen LogP contribution in [-0.4, -0.2) is 41.6 Å². The van der Waals surface area contributed by atoms with Crippen molar-refractivity contribution >= 4 is 17.9 Å². The standard InChI is InChI=1S/C16H19N3O2/c20-11-13-7-4-8-19(10-13)16-17-14(15(21)18-16)9-12-5-2-1-3-6-12/h1-3,5-6,9,13,20H,4,7-8,10-11H2,(H,17,18,21)/b14-9-. The molecule has 110 valence electrons. The molecule has 2 aliphatic rings. The van der Waals surface area contributed by atoms with Crippen LogP contribution in [-0.2, 0) is 4.79 Å². The number of carbonyl (C=O) groups is 1. The van der Waals surface area contributed by atoms with E-state index in [1.165, 1.54) is 0 Å². The fraction of sp³-hybridized carbons (Fsp3) is 0.375. The molecule has 1 atom stereocenters. The molecule has 21 heavy (non-hydrogen) atoms. The molecule has 5 nitrogen and oxygen atoms in total. The van der Waals surface area contributed by atoms with E-state index in [-0.39, 0.29) is 18.4 Å². The summed E-state index contributed by atoms with van der Waals surface area (Å²) in [6.07, 6.45) is 3.83. The Bertz CT molecular complexity index is 580. The maximum absolute atomic E-state index is 12.0. The Kier molecular flexibility index (Phi) is 4.01. The predicted octanol–water partition coefficient (Wildman–Crippen LogP) is 1.22. The Hall–Kier alpha value is -2.14. The molecule has 1 amide bonds. The number of aliphatic hydroxyl groups excluding tert-OH is 1. The minimum Gasteiger partial charge on any atom is -0.396 e. The second kappa shape index (κ2) is 6.10. The SMILES string of the molecule is O=C1NC(N2CCCC(CO)C2)=N/C1=C\c1ccccc1.